The van der Waals surface area contributed by atoms with Gasteiger partial charge in [0, 0.05) is 25.8 Å². The van der Waals surface area contributed by atoms with Crippen LogP contribution in [0, 0.1) is 10.1 Å². The van der Waals surface area contributed by atoms with Gasteiger partial charge in [-0.1, -0.05) is 12.1 Å². The van der Waals surface area contributed by atoms with Crippen LogP contribution in [-0.2, 0) is 11.3 Å². The molecule has 0 aromatic heterocycles. The van der Waals surface area contributed by atoms with Crippen LogP contribution in [0.1, 0.15) is 5.56 Å². The summed E-state index contributed by atoms with van der Waals surface area (Å²) in [6, 6.07) is 6.22. The van der Waals surface area contributed by atoms with Crippen LogP contribution >= 0.6 is 0 Å². The fraction of sp³-hybridized carbons (Fsp3) is 0.455. The number of nitro benzene ring substituents is 1. The van der Waals surface area contributed by atoms with Crippen molar-refractivity contribution in [3.8, 4) is 0 Å². The topological polar surface area (TPSA) is 84.6 Å². The predicted octanol–water partition coefficient (Wildman–Crippen LogP) is 0.692. The molecule has 17 heavy (non-hydrogen) atoms. The Morgan fingerprint density at radius 1 is 1.59 bits per heavy atom. The number of nitrogens with one attached hydrogen (secondary N) is 1. The minimum atomic E-state index is -0.428. The molecule has 1 rings (SSSR count). The monoisotopic (exact) mass is 240 g/mol. The van der Waals surface area contributed by atoms with Gasteiger partial charge in [0.05, 0.1) is 24.2 Å². The second kappa shape index (κ2) is 6.95. The van der Waals surface area contributed by atoms with Gasteiger partial charge >= 0.3 is 0 Å². The van der Waals surface area contributed by atoms with Crippen LogP contribution in [0.5, 0.6) is 0 Å². The molecule has 1 atom stereocenters. The number of nitrogens with zero attached hydrogens (tertiary/aromatic N) is 1. The first kappa shape index (κ1) is 13.6. The molecule has 0 aliphatic rings. The lowest BCUT2D eigenvalue weighted by Crippen LogP contribution is -2.35. The lowest BCUT2D eigenvalue weighted by atomic mass is 10.2. The molecule has 2 N–H and O–H groups in total. The second-order valence-corrected chi connectivity index (χ2v) is 3.64. The number of aliphatic hydroxyl groups excluding tert-OH is 1. The molecule has 0 spiro atoms. The molecular weight excluding hydrogens is 224 g/mol. The first-order valence-corrected chi connectivity index (χ1v) is 5.24. The Balaban J connectivity index is 2.56. The van der Waals surface area contributed by atoms with Crippen molar-refractivity contribution in [1.29, 1.82) is 0 Å². The Hall–Kier alpha value is -1.50. The third kappa shape index (κ3) is 4.48. The number of benzene rings is 1. The highest BCUT2D eigenvalue weighted by molar-refractivity contribution is 5.34. The maximum Gasteiger partial charge on any atom is 0.269 e. The van der Waals surface area contributed by atoms with Crippen LogP contribution in [0.2, 0.25) is 0 Å². The average molecular weight is 240 g/mol. The van der Waals surface area contributed by atoms with E-state index in [2.05, 4.69) is 5.32 Å². The standard InChI is InChI=1S/C11H16N2O4/c1-17-8-10(7-14)12-6-9-3-2-4-11(5-9)13(15)16/h2-5,10,12,14H,6-8H2,1H3. The van der Waals surface area contributed by atoms with Crippen LogP contribution in [0.4, 0.5) is 5.69 Å². The van der Waals surface area contributed by atoms with Gasteiger partial charge in [0.15, 0.2) is 0 Å². The SMILES string of the molecule is COCC(CO)NCc1cccc([N+](=O)[O-])c1. The van der Waals surface area contributed by atoms with E-state index in [1.165, 1.54) is 12.1 Å². The maximum atomic E-state index is 10.6. The minimum absolute atomic E-state index is 0.0389. The molecule has 0 saturated carbocycles. The summed E-state index contributed by atoms with van der Waals surface area (Å²) in [7, 11) is 1.55. The van der Waals surface area contributed by atoms with Crippen LogP contribution < -0.4 is 5.32 Å². The van der Waals surface area contributed by atoms with E-state index in [1.807, 2.05) is 0 Å². The van der Waals surface area contributed by atoms with Crippen molar-refractivity contribution in [2.45, 2.75) is 12.6 Å². The van der Waals surface area contributed by atoms with E-state index in [0.29, 0.717) is 13.2 Å². The molecule has 0 saturated heterocycles. The van der Waals surface area contributed by atoms with Gasteiger partial charge in [-0.05, 0) is 5.56 Å². The third-order valence-electron chi connectivity index (χ3n) is 2.30. The summed E-state index contributed by atoms with van der Waals surface area (Å²) in [5.41, 5.74) is 0.866. The van der Waals surface area contributed by atoms with Crippen molar-refractivity contribution in [3.63, 3.8) is 0 Å². The smallest absolute Gasteiger partial charge is 0.269 e. The van der Waals surface area contributed by atoms with Gasteiger partial charge in [0.2, 0.25) is 0 Å². The Morgan fingerprint density at radius 3 is 2.94 bits per heavy atom. The Kier molecular flexibility index (Phi) is 5.55. The summed E-state index contributed by atoms with van der Waals surface area (Å²) >= 11 is 0. The third-order valence-corrected chi connectivity index (χ3v) is 2.30. The molecule has 0 aliphatic heterocycles. The summed E-state index contributed by atoms with van der Waals surface area (Å²) in [5, 5.41) is 22.7. The quantitative estimate of drug-likeness (QED) is 0.541. The van der Waals surface area contributed by atoms with Gasteiger partial charge in [-0.2, -0.15) is 0 Å². The van der Waals surface area contributed by atoms with E-state index >= 15 is 0 Å². The van der Waals surface area contributed by atoms with Crippen LogP contribution in [0.25, 0.3) is 0 Å². The van der Waals surface area contributed by atoms with E-state index in [-0.39, 0.29) is 18.3 Å². The number of rotatable bonds is 7. The van der Waals surface area contributed by atoms with Gasteiger partial charge in [-0.3, -0.25) is 10.1 Å². The van der Waals surface area contributed by atoms with Crippen molar-refractivity contribution < 1.29 is 14.8 Å². The summed E-state index contributed by atoms with van der Waals surface area (Å²) in [4.78, 5) is 10.1. The molecule has 0 amide bonds. The molecular formula is C11H16N2O4. The molecule has 1 unspecified atom stereocenters. The molecule has 1 aromatic rings. The minimum Gasteiger partial charge on any atom is -0.395 e. The van der Waals surface area contributed by atoms with Crippen molar-refractivity contribution in [1.82, 2.24) is 5.32 Å². The number of hydrogen-bond donors (Lipinski definition) is 2. The Morgan fingerprint density at radius 2 is 2.35 bits per heavy atom. The molecule has 1 aromatic carbocycles. The van der Waals surface area contributed by atoms with Gasteiger partial charge in [0.1, 0.15) is 0 Å². The van der Waals surface area contributed by atoms with E-state index in [4.69, 9.17) is 9.84 Å². The summed E-state index contributed by atoms with van der Waals surface area (Å²) in [6.07, 6.45) is 0. The second-order valence-electron chi connectivity index (χ2n) is 3.64. The molecule has 0 bridgehead atoms. The lowest BCUT2D eigenvalue weighted by Gasteiger charge is -2.14. The van der Waals surface area contributed by atoms with Crippen molar-refractivity contribution >= 4 is 5.69 Å². The fourth-order valence-electron chi connectivity index (χ4n) is 1.42. The van der Waals surface area contributed by atoms with E-state index in [9.17, 15) is 10.1 Å². The first-order chi connectivity index (χ1) is 8.17. The highest BCUT2D eigenvalue weighted by Crippen LogP contribution is 2.12. The van der Waals surface area contributed by atoms with E-state index in [0.717, 1.165) is 5.56 Å². The molecule has 0 radical (unpaired) electrons. The zero-order valence-electron chi connectivity index (χ0n) is 9.63. The van der Waals surface area contributed by atoms with Crippen LogP contribution in [0.3, 0.4) is 0 Å². The zero-order valence-corrected chi connectivity index (χ0v) is 9.63. The molecule has 0 aliphatic carbocycles. The van der Waals surface area contributed by atoms with E-state index in [1.54, 1.807) is 19.2 Å². The van der Waals surface area contributed by atoms with Crippen molar-refractivity contribution in [2.24, 2.45) is 0 Å². The van der Waals surface area contributed by atoms with E-state index < -0.39 is 4.92 Å². The first-order valence-electron chi connectivity index (χ1n) is 5.24. The molecule has 0 heterocycles. The molecule has 94 valence electrons. The molecule has 0 fully saturated rings. The fourth-order valence-corrected chi connectivity index (χ4v) is 1.42. The lowest BCUT2D eigenvalue weighted by molar-refractivity contribution is -0.384. The molecule has 6 nitrogen and oxygen atoms in total. The summed E-state index contributed by atoms with van der Waals surface area (Å²) in [6.45, 7) is 0.810. The highest BCUT2D eigenvalue weighted by atomic mass is 16.6. The number of non-ortho nitro benzene ring substituents is 1. The predicted molar refractivity (Wildman–Crippen MR) is 62.7 cm³/mol. The number of hydrogen-bond acceptors (Lipinski definition) is 5. The van der Waals surface area contributed by atoms with Crippen molar-refractivity contribution in [3.05, 3.63) is 39.9 Å². The maximum absolute atomic E-state index is 10.6. The van der Waals surface area contributed by atoms with Crippen molar-refractivity contribution in [2.75, 3.05) is 20.3 Å². The van der Waals surface area contributed by atoms with Gasteiger partial charge in [-0.15, -0.1) is 0 Å². The highest BCUT2D eigenvalue weighted by Gasteiger charge is 2.08. The Labute approximate surface area is 99.4 Å². The summed E-state index contributed by atoms with van der Waals surface area (Å²) < 4.78 is 4.91. The average Bonchev–Trinajstić information content (AvgIpc) is 2.34. The molecule has 6 heteroatoms. The number of nitro groups is 1. The normalized spacial score (nSPS) is 12.4. The van der Waals surface area contributed by atoms with Gasteiger partial charge in [-0.25, -0.2) is 0 Å². The Bertz CT molecular complexity index is 370. The zero-order chi connectivity index (χ0) is 12.7. The van der Waals surface area contributed by atoms with Gasteiger partial charge in [0.25, 0.3) is 5.69 Å². The summed E-state index contributed by atoms with van der Waals surface area (Å²) in [5.74, 6) is 0. The van der Waals surface area contributed by atoms with Crippen LogP contribution in [0.15, 0.2) is 24.3 Å². The number of ether oxygens (including phenoxy) is 1. The number of methoxy groups -OCH3 is 1. The largest absolute Gasteiger partial charge is 0.395 e. The van der Waals surface area contributed by atoms with Crippen LogP contribution in [-0.4, -0.2) is 36.4 Å². The van der Waals surface area contributed by atoms with Gasteiger partial charge < -0.3 is 15.2 Å². The number of aliphatic hydroxyl groups is 1.